The maximum Gasteiger partial charge on any atom is 0.331 e. The van der Waals surface area contributed by atoms with Crippen molar-refractivity contribution in [2.75, 3.05) is 23.3 Å². The van der Waals surface area contributed by atoms with Crippen molar-refractivity contribution in [3.63, 3.8) is 0 Å². The first-order valence-electron chi connectivity index (χ1n) is 8.13. The van der Waals surface area contributed by atoms with Crippen LogP contribution < -0.4 is 19.7 Å². The number of anilines is 2. The number of carbonyl (C=O) groups is 2. The first kappa shape index (κ1) is 16.8. The minimum absolute atomic E-state index is 0.00166. The second kappa shape index (κ2) is 7.25. The fourth-order valence-electron chi connectivity index (χ4n) is 2.63. The molecule has 3 rings (SSSR count). The van der Waals surface area contributed by atoms with Gasteiger partial charge < -0.3 is 19.7 Å². The Kier molecular flexibility index (Phi) is 4.88. The molecule has 0 fully saturated rings. The van der Waals surface area contributed by atoms with Crippen molar-refractivity contribution >= 4 is 23.3 Å². The van der Waals surface area contributed by atoms with E-state index in [1.807, 2.05) is 44.2 Å². The van der Waals surface area contributed by atoms with Crippen molar-refractivity contribution in [3.05, 3.63) is 48.5 Å². The molecule has 6 heteroatoms. The molecule has 0 saturated carbocycles. The first-order valence-corrected chi connectivity index (χ1v) is 8.13. The molecule has 130 valence electrons. The zero-order chi connectivity index (χ0) is 17.8. The number of hydrogen-bond acceptors (Lipinski definition) is 5. The summed E-state index contributed by atoms with van der Waals surface area (Å²) in [5.74, 6) is 0.471. The van der Waals surface area contributed by atoms with E-state index in [4.69, 9.17) is 9.47 Å². The van der Waals surface area contributed by atoms with Crippen molar-refractivity contribution < 1.29 is 19.1 Å². The van der Waals surface area contributed by atoms with Crippen molar-refractivity contribution in [2.45, 2.75) is 20.0 Å². The Balaban J connectivity index is 1.73. The van der Waals surface area contributed by atoms with Crippen molar-refractivity contribution in [1.29, 1.82) is 0 Å². The van der Waals surface area contributed by atoms with Crippen LogP contribution in [0.2, 0.25) is 0 Å². The van der Waals surface area contributed by atoms with E-state index < -0.39 is 0 Å². The standard InChI is InChI=1S/C19H20N2O4/c1-13(2)24-16-9-5-3-7-14(16)20-18(22)11-21-12-19(23)25-17-10-6-4-8-15(17)21/h3-10,13H,11-12H2,1-2H3,(H,20,22). The van der Waals surface area contributed by atoms with Crippen LogP contribution in [0.3, 0.4) is 0 Å². The summed E-state index contributed by atoms with van der Waals surface area (Å²) < 4.78 is 10.9. The molecule has 0 unspecified atom stereocenters. The minimum Gasteiger partial charge on any atom is -0.489 e. The van der Waals surface area contributed by atoms with Gasteiger partial charge in [-0.25, -0.2) is 4.79 Å². The molecular formula is C19H20N2O4. The smallest absolute Gasteiger partial charge is 0.331 e. The molecule has 2 aromatic rings. The highest BCUT2D eigenvalue weighted by Crippen LogP contribution is 2.31. The Labute approximate surface area is 146 Å². The maximum absolute atomic E-state index is 12.5. The highest BCUT2D eigenvalue weighted by atomic mass is 16.5. The van der Waals surface area contributed by atoms with Crippen LogP contribution >= 0.6 is 0 Å². The molecule has 0 atom stereocenters. The van der Waals surface area contributed by atoms with Gasteiger partial charge >= 0.3 is 5.97 Å². The molecule has 25 heavy (non-hydrogen) atoms. The Hall–Kier alpha value is -3.02. The predicted octanol–water partition coefficient (Wildman–Crippen LogP) is 2.84. The third-order valence-corrected chi connectivity index (χ3v) is 3.61. The number of nitrogens with one attached hydrogen (secondary N) is 1. The van der Waals surface area contributed by atoms with Gasteiger partial charge in [-0.05, 0) is 38.1 Å². The van der Waals surface area contributed by atoms with Gasteiger partial charge in [0.1, 0.15) is 12.3 Å². The van der Waals surface area contributed by atoms with Gasteiger partial charge in [0, 0.05) is 0 Å². The number of para-hydroxylation sites is 4. The summed E-state index contributed by atoms with van der Waals surface area (Å²) in [5.41, 5.74) is 1.33. The summed E-state index contributed by atoms with van der Waals surface area (Å²) in [5, 5.41) is 2.85. The zero-order valence-electron chi connectivity index (χ0n) is 14.2. The van der Waals surface area contributed by atoms with Gasteiger partial charge in [-0.2, -0.15) is 0 Å². The monoisotopic (exact) mass is 340 g/mol. The van der Waals surface area contributed by atoms with Gasteiger partial charge in [0.15, 0.2) is 5.75 Å². The summed E-state index contributed by atoms with van der Waals surface area (Å²) in [6.45, 7) is 3.93. The van der Waals surface area contributed by atoms with Crippen LogP contribution in [-0.4, -0.2) is 31.1 Å². The number of esters is 1. The molecule has 1 amide bonds. The lowest BCUT2D eigenvalue weighted by Gasteiger charge is -2.29. The third-order valence-electron chi connectivity index (χ3n) is 3.61. The number of nitrogens with zero attached hydrogens (tertiary/aromatic N) is 1. The van der Waals surface area contributed by atoms with Crippen LogP contribution in [0.15, 0.2) is 48.5 Å². The topological polar surface area (TPSA) is 67.9 Å². The average molecular weight is 340 g/mol. The second-order valence-corrected chi connectivity index (χ2v) is 6.01. The van der Waals surface area contributed by atoms with Gasteiger partial charge in [0.05, 0.1) is 24.0 Å². The lowest BCUT2D eigenvalue weighted by atomic mass is 10.2. The fraction of sp³-hybridized carbons (Fsp3) is 0.263. The Bertz CT molecular complexity index is 788. The van der Waals surface area contributed by atoms with Crippen molar-refractivity contribution in [2.24, 2.45) is 0 Å². The van der Waals surface area contributed by atoms with Crippen LogP contribution in [0, 0.1) is 0 Å². The minimum atomic E-state index is -0.380. The number of amides is 1. The summed E-state index contributed by atoms with van der Waals surface area (Å²) in [4.78, 5) is 25.9. The fourth-order valence-corrected chi connectivity index (χ4v) is 2.63. The summed E-state index contributed by atoms with van der Waals surface area (Å²) >= 11 is 0. The lowest BCUT2D eigenvalue weighted by Crippen LogP contribution is -2.41. The maximum atomic E-state index is 12.5. The molecule has 0 bridgehead atoms. The lowest BCUT2D eigenvalue weighted by molar-refractivity contribution is -0.133. The Morgan fingerprint density at radius 3 is 2.72 bits per heavy atom. The number of carbonyl (C=O) groups excluding carboxylic acids is 2. The van der Waals surface area contributed by atoms with Gasteiger partial charge in [0.25, 0.3) is 0 Å². The van der Waals surface area contributed by atoms with Gasteiger partial charge in [-0.1, -0.05) is 24.3 Å². The average Bonchev–Trinajstić information content (AvgIpc) is 2.56. The molecule has 1 aliphatic rings. The van der Waals surface area contributed by atoms with Gasteiger partial charge in [0.2, 0.25) is 5.91 Å². The van der Waals surface area contributed by atoms with Crippen LogP contribution in [-0.2, 0) is 9.59 Å². The largest absolute Gasteiger partial charge is 0.489 e. The summed E-state index contributed by atoms with van der Waals surface area (Å²) in [6.07, 6.45) is 0.00166. The molecule has 0 saturated heterocycles. The van der Waals surface area contributed by atoms with Gasteiger partial charge in [-0.15, -0.1) is 0 Å². The number of fused-ring (bicyclic) bond motifs is 1. The normalized spacial score (nSPS) is 13.2. The van der Waals surface area contributed by atoms with E-state index >= 15 is 0 Å². The third kappa shape index (κ3) is 4.09. The molecule has 2 aromatic carbocycles. The molecule has 1 aliphatic heterocycles. The van der Waals surface area contributed by atoms with E-state index in [0.29, 0.717) is 17.2 Å². The Morgan fingerprint density at radius 2 is 1.92 bits per heavy atom. The molecule has 1 heterocycles. The predicted molar refractivity (Wildman–Crippen MR) is 95.1 cm³/mol. The molecular weight excluding hydrogens is 320 g/mol. The first-order chi connectivity index (χ1) is 12.0. The number of hydrogen-bond donors (Lipinski definition) is 1. The molecule has 0 radical (unpaired) electrons. The van der Waals surface area contributed by atoms with Crippen LogP contribution in [0.4, 0.5) is 11.4 Å². The van der Waals surface area contributed by atoms with Crippen molar-refractivity contribution in [3.8, 4) is 11.5 Å². The number of rotatable bonds is 5. The second-order valence-electron chi connectivity index (χ2n) is 6.01. The van der Waals surface area contributed by atoms with Crippen LogP contribution in [0.25, 0.3) is 0 Å². The Morgan fingerprint density at radius 1 is 1.20 bits per heavy atom. The number of ether oxygens (including phenoxy) is 2. The summed E-state index contributed by atoms with van der Waals surface area (Å²) in [6, 6.07) is 14.4. The SMILES string of the molecule is CC(C)Oc1ccccc1NC(=O)CN1CC(=O)Oc2ccccc21. The van der Waals surface area contributed by atoms with Crippen LogP contribution in [0.5, 0.6) is 11.5 Å². The molecule has 6 nitrogen and oxygen atoms in total. The van der Waals surface area contributed by atoms with Gasteiger partial charge in [-0.3, -0.25) is 4.79 Å². The van der Waals surface area contributed by atoms with Crippen LogP contribution in [0.1, 0.15) is 13.8 Å². The van der Waals surface area contributed by atoms with Crippen molar-refractivity contribution in [1.82, 2.24) is 0 Å². The van der Waals surface area contributed by atoms with E-state index in [-0.39, 0.29) is 31.1 Å². The van der Waals surface area contributed by atoms with E-state index in [2.05, 4.69) is 5.32 Å². The van der Waals surface area contributed by atoms with E-state index in [0.717, 1.165) is 5.69 Å². The molecule has 0 spiro atoms. The number of benzene rings is 2. The zero-order valence-corrected chi connectivity index (χ0v) is 14.2. The molecule has 1 N–H and O–H groups in total. The highest BCUT2D eigenvalue weighted by Gasteiger charge is 2.25. The summed E-state index contributed by atoms with van der Waals surface area (Å²) in [7, 11) is 0. The highest BCUT2D eigenvalue weighted by molar-refractivity contribution is 5.97. The van der Waals surface area contributed by atoms with E-state index in [1.165, 1.54) is 0 Å². The quantitative estimate of drug-likeness (QED) is 0.670. The molecule has 0 aliphatic carbocycles. The van der Waals surface area contributed by atoms with E-state index in [9.17, 15) is 9.59 Å². The van der Waals surface area contributed by atoms with E-state index in [1.54, 1.807) is 23.1 Å². The molecule has 0 aromatic heterocycles.